The van der Waals surface area contributed by atoms with Crippen LogP contribution in [0.4, 0.5) is 0 Å². The molecule has 6 aliphatic carbocycles. The molecule has 0 spiro atoms. The van der Waals surface area contributed by atoms with E-state index in [4.69, 9.17) is 0 Å². The van der Waals surface area contributed by atoms with E-state index in [1.165, 1.54) is 19.3 Å². The van der Waals surface area contributed by atoms with Gasteiger partial charge >= 0.3 is 0 Å². The molecule has 1 heteroatoms. The summed E-state index contributed by atoms with van der Waals surface area (Å²) in [6.45, 7) is 0. The first-order valence-corrected chi connectivity index (χ1v) is 11.5. The van der Waals surface area contributed by atoms with Crippen molar-refractivity contribution in [3.05, 3.63) is 36.5 Å². The van der Waals surface area contributed by atoms with E-state index < -0.39 is 14.1 Å². The molecule has 0 nitrogen and oxygen atoms in total. The first-order valence-electron chi connectivity index (χ1n) is 9.80. The Hall–Kier alpha value is -0.248. The minimum absolute atomic E-state index is 0.692. The Kier molecular flexibility index (Phi) is 2.41. The molecule has 3 fully saturated rings. The van der Waals surface area contributed by atoms with Gasteiger partial charge in [-0.3, -0.25) is 0 Å². The average Bonchev–Trinajstić information content (AvgIpc) is 3.35. The molecule has 0 saturated heterocycles. The molecule has 6 rings (SSSR count). The van der Waals surface area contributed by atoms with Crippen molar-refractivity contribution in [1.29, 1.82) is 0 Å². The van der Waals surface area contributed by atoms with Gasteiger partial charge in [-0.2, -0.15) is 0 Å². The van der Waals surface area contributed by atoms with Crippen molar-refractivity contribution in [2.45, 2.75) is 70.6 Å². The van der Waals surface area contributed by atoms with Crippen LogP contribution in [0.25, 0.3) is 0 Å². The minimum atomic E-state index is -0.934. The van der Waals surface area contributed by atoms with Crippen LogP contribution in [0.15, 0.2) is 36.5 Å². The van der Waals surface area contributed by atoms with Crippen LogP contribution in [-0.2, 0) is 0 Å². The fraction of sp³-hybridized carbons (Fsp3) is 0.714. The smallest absolute Gasteiger partial charge is 0.0951 e. The predicted molar refractivity (Wildman–Crippen MR) is 93.3 cm³/mol. The topological polar surface area (TPSA) is 0 Å². The zero-order chi connectivity index (χ0) is 14.4. The molecule has 22 heavy (non-hydrogen) atoms. The van der Waals surface area contributed by atoms with Crippen molar-refractivity contribution < 1.29 is 0 Å². The number of rotatable bonds is 3. The third-order valence-electron chi connectivity index (χ3n) is 8.69. The van der Waals surface area contributed by atoms with Crippen LogP contribution >= 0.6 is 0 Å². The molecular weight excluding hydrogens is 279 g/mol. The van der Waals surface area contributed by atoms with Crippen LogP contribution in [0.1, 0.15) is 57.8 Å². The molecule has 0 aliphatic heterocycles. The van der Waals surface area contributed by atoms with Gasteiger partial charge in [0, 0.05) is 0 Å². The summed E-state index contributed by atoms with van der Waals surface area (Å²) in [6.07, 6.45) is 30.0. The molecule has 6 atom stereocenters. The van der Waals surface area contributed by atoms with Gasteiger partial charge in [-0.15, -0.1) is 0 Å². The third kappa shape index (κ3) is 1.47. The molecule has 0 heterocycles. The van der Waals surface area contributed by atoms with E-state index in [0.29, 0.717) is 12.8 Å². The standard InChI is InChI=1S/3C7H9.Al/c3*1-2-7-4-3-6(1)5-7;/h3*1-2,6H,3-5H2;. The van der Waals surface area contributed by atoms with E-state index >= 15 is 0 Å². The van der Waals surface area contributed by atoms with Crippen LogP contribution in [0.2, 0.25) is 12.8 Å². The van der Waals surface area contributed by atoms with Gasteiger partial charge < -0.3 is 0 Å². The second-order valence-electron chi connectivity index (χ2n) is 9.72. The second kappa shape index (κ2) is 4.04. The lowest BCUT2D eigenvalue weighted by molar-refractivity contribution is 0.545. The van der Waals surface area contributed by atoms with Crippen LogP contribution in [0.5, 0.6) is 0 Å². The lowest BCUT2D eigenvalue weighted by Crippen LogP contribution is -2.47. The fourth-order valence-corrected chi connectivity index (χ4v) is 15.5. The highest BCUT2D eigenvalue weighted by Crippen LogP contribution is 2.75. The summed E-state index contributed by atoms with van der Waals surface area (Å²) in [6, 6.07) is 0. The van der Waals surface area contributed by atoms with Crippen molar-refractivity contribution >= 4 is 14.1 Å². The minimum Gasteiger partial charge on any atom is -0.0951 e. The Balaban J connectivity index is 1.52. The highest BCUT2D eigenvalue weighted by molar-refractivity contribution is 6.71. The Bertz CT molecular complexity index is 530. The molecule has 0 amide bonds. The van der Waals surface area contributed by atoms with Gasteiger partial charge in [0.15, 0.2) is 0 Å². The molecule has 3 saturated carbocycles. The summed E-state index contributed by atoms with van der Waals surface area (Å²) in [4.78, 5) is 0. The highest BCUT2D eigenvalue weighted by Gasteiger charge is 2.68. The van der Waals surface area contributed by atoms with Crippen LogP contribution in [-0.4, -0.2) is 14.1 Å². The van der Waals surface area contributed by atoms with Crippen LogP contribution in [0.3, 0.4) is 0 Å². The molecule has 6 aliphatic rings. The molecular formula is C21H27Al. The largest absolute Gasteiger partial charge is 0.299 e. The summed E-state index contributed by atoms with van der Waals surface area (Å²) in [5.74, 6) is 2.86. The summed E-state index contributed by atoms with van der Waals surface area (Å²) >= 11 is -0.934. The molecule has 114 valence electrons. The quantitative estimate of drug-likeness (QED) is 0.456. The van der Waals surface area contributed by atoms with Gasteiger partial charge in [0.25, 0.3) is 14.1 Å². The van der Waals surface area contributed by atoms with E-state index in [1.54, 1.807) is 38.5 Å². The van der Waals surface area contributed by atoms with Gasteiger partial charge in [-0.1, -0.05) is 68.5 Å². The second-order valence-corrected chi connectivity index (χ2v) is 14.0. The third-order valence-corrected chi connectivity index (χ3v) is 14.3. The maximum Gasteiger partial charge on any atom is 0.299 e. The molecule has 0 radical (unpaired) electrons. The van der Waals surface area contributed by atoms with Crippen molar-refractivity contribution in [2.24, 2.45) is 17.8 Å². The Labute approximate surface area is 139 Å². The monoisotopic (exact) mass is 306 g/mol. The zero-order valence-electron chi connectivity index (χ0n) is 13.6. The molecule has 0 N–H and O–H groups in total. The van der Waals surface area contributed by atoms with E-state index in [2.05, 4.69) is 36.5 Å². The molecule has 0 aromatic rings. The summed E-state index contributed by atoms with van der Waals surface area (Å²) < 4.78 is 2.08. The molecule has 6 unspecified atom stereocenters. The lowest BCUT2D eigenvalue weighted by Gasteiger charge is -2.49. The van der Waals surface area contributed by atoms with E-state index in [1.807, 2.05) is 0 Å². The first kappa shape index (κ1) is 13.1. The summed E-state index contributed by atoms with van der Waals surface area (Å²) in [7, 11) is 0. The van der Waals surface area contributed by atoms with Gasteiger partial charge in [0.1, 0.15) is 0 Å². The van der Waals surface area contributed by atoms with Crippen LogP contribution < -0.4 is 0 Å². The van der Waals surface area contributed by atoms with Crippen LogP contribution in [0, 0.1) is 17.8 Å². The van der Waals surface area contributed by atoms with E-state index in [0.717, 1.165) is 17.8 Å². The number of allylic oxidation sites excluding steroid dienone is 6. The normalized spacial score (nSPS) is 55.9. The molecule has 6 bridgehead atoms. The zero-order valence-corrected chi connectivity index (χ0v) is 14.8. The summed E-state index contributed by atoms with van der Waals surface area (Å²) in [5.41, 5.74) is 0. The average molecular weight is 306 g/mol. The number of fused-ring (bicyclic) bond motifs is 6. The van der Waals surface area contributed by atoms with E-state index in [9.17, 15) is 0 Å². The van der Waals surface area contributed by atoms with Gasteiger partial charge in [0.05, 0.1) is 0 Å². The SMILES string of the molecule is C1=C[C]2([Al]([C]34C=CC(CC3)C4)[C]34C=CC(CC3)C4)CCC1C2. The van der Waals surface area contributed by atoms with Gasteiger partial charge in [0.2, 0.25) is 0 Å². The van der Waals surface area contributed by atoms with Gasteiger partial charge in [-0.25, -0.2) is 0 Å². The summed E-state index contributed by atoms with van der Waals surface area (Å²) in [5, 5.41) is 0. The Morgan fingerprint density at radius 3 is 1.14 bits per heavy atom. The maximum absolute atomic E-state index is 2.78. The van der Waals surface area contributed by atoms with Crippen molar-refractivity contribution in [1.82, 2.24) is 0 Å². The number of hydrogen-bond donors (Lipinski definition) is 0. The van der Waals surface area contributed by atoms with Crippen molar-refractivity contribution in [3.8, 4) is 0 Å². The van der Waals surface area contributed by atoms with Crippen molar-refractivity contribution in [2.75, 3.05) is 0 Å². The lowest BCUT2D eigenvalue weighted by atomic mass is 10.0. The highest BCUT2D eigenvalue weighted by atomic mass is 27.2. The first-order chi connectivity index (χ1) is 10.7. The molecule has 0 aromatic heterocycles. The van der Waals surface area contributed by atoms with Gasteiger partial charge in [-0.05, 0) is 56.3 Å². The van der Waals surface area contributed by atoms with E-state index in [-0.39, 0.29) is 0 Å². The molecule has 0 aromatic carbocycles. The Morgan fingerprint density at radius 1 is 0.591 bits per heavy atom. The number of hydrogen-bond acceptors (Lipinski definition) is 0. The predicted octanol–water partition coefficient (Wildman–Crippen LogP) is 5.81. The fourth-order valence-electron chi connectivity index (χ4n) is 8.16. The van der Waals surface area contributed by atoms with Crippen molar-refractivity contribution in [3.63, 3.8) is 0 Å². The maximum atomic E-state index is 2.78. The Morgan fingerprint density at radius 2 is 0.955 bits per heavy atom.